The lowest BCUT2D eigenvalue weighted by Crippen LogP contribution is -2.61. The molecule has 0 amide bonds. The lowest BCUT2D eigenvalue weighted by molar-refractivity contribution is 0.0804. The van der Waals surface area contributed by atoms with Crippen LogP contribution in [0, 0.1) is 11.3 Å². The van der Waals surface area contributed by atoms with Crippen molar-refractivity contribution in [3.63, 3.8) is 0 Å². The first-order valence-corrected chi connectivity index (χ1v) is 9.70. The number of sulfone groups is 1. The van der Waals surface area contributed by atoms with Crippen LogP contribution in [0.5, 0.6) is 0 Å². The van der Waals surface area contributed by atoms with Crippen LogP contribution in [0.15, 0.2) is 0 Å². The Morgan fingerprint density at radius 2 is 1.90 bits per heavy atom. The zero-order valence-corrected chi connectivity index (χ0v) is 14.8. The Hall–Kier alpha value is -0.130. The minimum Gasteiger partial charge on any atom is -0.311 e. The fraction of sp³-hybridized carbons (Fsp3) is 1.00. The monoisotopic (exact) mass is 304 g/mol. The average molecular weight is 304 g/mol. The van der Waals surface area contributed by atoms with E-state index in [2.05, 4.69) is 44.8 Å². The highest BCUT2D eigenvalue weighted by molar-refractivity contribution is 7.90. The van der Waals surface area contributed by atoms with E-state index in [0.29, 0.717) is 24.5 Å². The van der Waals surface area contributed by atoms with Crippen LogP contribution in [0.1, 0.15) is 41.0 Å². The SMILES string of the molecule is CC(C)CC1CNC(C(C)(C)C)CN1CCS(C)(=O)=O. The van der Waals surface area contributed by atoms with Gasteiger partial charge >= 0.3 is 0 Å². The Bertz CT molecular complexity index is 399. The molecule has 1 aliphatic heterocycles. The molecule has 1 saturated heterocycles. The number of nitrogens with zero attached hydrogens (tertiary/aromatic N) is 1. The van der Waals surface area contributed by atoms with E-state index in [4.69, 9.17) is 0 Å². The van der Waals surface area contributed by atoms with E-state index in [1.165, 1.54) is 6.26 Å². The molecule has 0 bridgehead atoms. The van der Waals surface area contributed by atoms with Crippen molar-refractivity contribution in [2.45, 2.75) is 53.1 Å². The van der Waals surface area contributed by atoms with Gasteiger partial charge < -0.3 is 5.32 Å². The predicted molar refractivity (Wildman–Crippen MR) is 85.8 cm³/mol. The van der Waals surface area contributed by atoms with Crippen LogP contribution < -0.4 is 5.32 Å². The summed E-state index contributed by atoms with van der Waals surface area (Å²) in [6.07, 6.45) is 2.45. The van der Waals surface area contributed by atoms with Crippen LogP contribution in [0.2, 0.25) is 0 Å². The summed E-state index contributed by atoms with van der Waals surface area (Å²) in [7, 11) is -2.89. The lowest BCUT2D eigenvalue weighted by atomic mass is 9.84. The van der Waals surface area contributed by atoms with Gasteiger partial charge in [-0.15, -0.1) is 0 Å². The van der Waals surface area contributed by atoms with Gasteiger partial charge in [0.1, 0.15) is 9.84 Å². The fourth-order valence-electron chi connectivity index (χ4n) is 2.77. The smallest absolute Gasteiger partial charge is 0.148 e. The summed E-state index contributed by atoms with van der Waals surface area (Å²) in [5.41, 5.74) is 0.201. The van der Waals surface area contributed by atoms with Crippen molar-refractivity contribution in [3.05, 3.63) is 0 Å². The molecule has 2 atom stereocenters. The van der Waals surface area contributed by atoms with Crippen molar-refractivity contribution in [1.82, 2.24) is 10.2 Å². The molecule has 5 heteroatoms. The highest BCUT2D eigenvalue weighted by Gasteiger charge is 2.34. The minimum absolute atomic E-state index is 0.201. The molecule has 0 aromatic rings. The molecule has 1 fully saturated rings. The molecule has 1 aliphatic rings. The van der Waals surface area contributed by atoms with Gasteiger partial charge in [0, 0.05) is 38.0 Å². The second-order valence-corrected chi connectivity index (χ2v) is 9.99. The van der Waals surface area contributed by atoms with Gasteiger partial charge in [-0.2, -0.15) is 0 Å². The van der Waals surface area contributed by atoms with Crippen molar-refractivity contribution in [2.75, 3.05) is 31.6 Å². The van der Waals surface area contributed by atoms with E-state index in [1.807, 2.05) is 0 Å². The number of nitrogens with one attached hydrogen (secondary N) is 1. The third kappa shape index (κ3) is 6.10. The summed E-state index contributed by atoms with van der Waals surface area (Å²) >= 11 is 0. The Labute approximate surface area is 125 Å². The van der Waals surface area contributed by atoms with Crippen molar-refractivity contribution < 1.29 is 8.42 Å². The molecule has 2 unspecified atom stereocenters. The molecule has 0 aromatic heterocycles. The molecule has 1 heterocycles. The second-order valence-electron chi connectivity index (χ2n) is 7.74. The topological polar surface area (TPSA) is 49.4 Å². The first-order chi connectivity index (χ1) is 8.99. The summed E-state index contributed by atoms with van der Waals surface area (Å²) in [5.74, 6) is 0.895. The molecule has 0 aliphatic carbocycles. The van der Waals surface area contributed by atoms with Crippen LogP contribution in [-0.2, 0) is 9.84 Å². The van der Waals surface area contributed by atoms with Crippen LogP contribution in [0.3, 0.4) is 0 Å². The Balaban J connectivity index is 2.72. The Kier molecular flexibility index (Phi) is 6.05. The molecular weight excluding hydrogens is 272 g/mol. The van der Waals surface area contributed by atoms with Gasteiger partial charge in [0.2, 0.25) is 0 Å². The molecule has 0 aromatic carbocycles. The fourth-order valence-corrected chi connectivity index (χ4v) is 3.34. The van der Waals surface area contributed by atoms with Gasteiger partial charge in [-0.1, -0.05) is 34.6 Å². The summed E-state index contributed by atoms with van der Waals surface area (Å²) in [4.78, 5) is 2.38. The maximum atomic E-state index is 11.4. The highest BCUT2D eigenvalue weighted by atomic mass is 32.2. The Morgan fingerprint density at radius 3 is 2.35 bits per heavy atom. The molecule has 0 spiro atoms. The van der Waals surface area contributed by atoms with Crippen molar-refractivity contribution in [3.8, 4) is 0 Å². The number of rotatable bonds is 5. The summed E-state index contributed by atoms with van der Waals surface area (Å²) in [6.45, 7) is 13.7. The largest absolute Gasteiger partial charge is 0.311 e. The zero-order chi connectivity index (χ0) is 15.6. The molecule has 120 valence electrons. The second kappa shape index (κ2) is 6.75. The standard InChI is InChI=1S/C15H32N2O2S/c1-12(2)9-13-10-16-14(15(3,4)5)11-17(13)7-8-20(6,18)19/h12-14,16H,7-11H2,1-6H3. The molecule has 0 saturated carbocycles. The van der Waals surface area contributed by atoms with Crippen LogP contribution in [0.4, 0.5) is 0 Å². The number of piperazine rings is 1. The van der Waals surface area contributed by atoms with E-state index in [1.54, 1.807) is 0 Å². The molecule has 0 radical (unpaired) electrons. The first-order valence-electron chi connectivity index (χ1n) is 7.64. The van der Waals surface area contributed by atoms with E-state index in [9.17, 15) is 8.42 Å². The van der Waals surface area contributed by atoms with Crippen molar-refractivity contribution in [2.24, 2.45) is 11.3 Å². The van der Waals surface area contributed by atoms with E-state index < -0.39 is 9.84 Å². The van der Waals surface area contributed by atoms with E-state index >= 15 is 0 Å². The maximum Gasteiger partial charge on any atom is 0.148 e. The molecule has 4 nitrogen and oxygen atoms in total. The van der Waals surface area contributed by atoms with Gasteiger partial charge in [0.05, 0.1) is 5.75 Å². The maximum absolute atomic E-state index is 11.4. The minimum atomic E-state index is -2.89. The molecule has 1 rings (SSSR count). The van der Waals surface area contributed by atoms with Crippen molar-refractivity contribution >= 4 is 9.84 Å². The van der Waals surface area contributed by atoms with E-state index in [0.717, 1.165) is 19.5 Å². The van der Waals surface area contributed by atoms with Gasteiger partial charge in [0.15, 0.2) is 0 Å². The lowest BCUT2D eigenvalue weighted by Gasteiger charge is -2.45. The van der Waals surface area contributed by atoms with Gasteiger partial charge in [0.25, 0.3) is 0 Å². The summed E-state index contributed by atoms with van der Waals surface area (Å²) < 4.78 is 22.9. The van der Waals surface area contributed by atoms with Crippen LogP contribution in [0.25, 0.3) is 0 Å². The molecular formula is C15H32N2O2S. The zero-order valence-electron chi connectivity index (χ0n) is 13.9. The van der Waals surface area contributed by atoms with Crippen LogP contribution in [-0.4, -0.2) is 57.0 Å². The van der Waals surface area contributed by atoms with Gasteiger partial charge in [-0.3, -0.25) is 4.90 Å². The number of hydrogen-bond donors (Lipinski definition) is 1. The third-order valence-electron chi connectivity index (χ3n) is 4.07. The van der Waals surface area contributed by atoms with Gasteiger partial charge in [-0.05, 0) is 17.8 Å². The number of hydrogen-bond acceptors (Lipinski definition) is 4. The average Bonchev–Trinajstić information content (AvgIpc) is 2.24. The highest BCUT2D eigenvalue weighted by Crippen LogP contribution is 2.25. The van der Waals surface area contributed by atoms with E-state index in [-0.39, 0.29) is 11.2 Å². The normalized spacial score (nSPS) is 26.1. The third-order valence-corrected chi connectivity index (χ3v) is 5.00. The Morgan fingerprint density at radius 1 is 1.30 bits per heavy atom. The molecule has 1 N–H and O–H groups in total. The quantitative estimate of drug-likeness (QED) is 0.841. The predicted octanol–water partition coefficient (Wildman–Crippen LogP) is 1.77. The first kappa shape index (κ1) is 17.9. The van der Waals surface area contributed by atoms with Gasteiger partial charge in [-0.25, -0.2) is 8.42 Å². The van der Waals surface area contributed by atoms with Crippen molar-refractivity contribution in [1.29, 1.82) is 0 Å². The summed E-state index contributed by atoms with van der Waals surface area (Å²) in [5, 5.41) is 3.65. The van der Waals surface area contributed by atoms with Crippen LogP contribution >= 0.6 is 0 Å². The molecule has 20 heavy (non-hydrogen) atoms. The summed E-state index contributed by atoms with van der Waals surface area (Å²) in [6, 6.07) is 0.876.